The Kier molecular flexibility index (Phi) is 7.43. The molecule has 0 radical (unpaired) electrons. The molecule has 0 fully saturated rings. The molecule has 21 heavy (non-hydrogen) atoms. The lowest BCUT2D eigenvalue weighted by atomic mass is 10.1. The summed E-state index contributed by atoms with van der Waals surface area (Å²) in [5.41, 5.74) is 0.943. The molecular formula is C16H23FN2O2. The van der Waals surface area contributed by atoms with Gasteiger partial charge in [0.1, 0.15) is 12.2 Å². The van der Waals surface area contributed by atoms with Crippen molar-refractivity contribution in [1.29, 1.82) is 0 Å². The normalized spacial score (nSPS) is 10.5. The highest BCUT2D eigenvalue weighted by molar-refractivity contribution is 5.96. The maximum Gasteiger partial charge on any atom is 0.229 e. The molecule has 116 valence electrons. The molecule has 0 aliphatic heterocycles. The van der Waals surface area contributed by atoms with Gasteiger partial charge in [0, 0.05) is 13.1 Å². The van der Waals surface area contributed by atoms with E-state index in [-0.39, 0.29) is 24.1 Å². The van der Waals surface area contributed by atoms with Gasteiger partial charge in [-0.25, -0.2) is 4.39 Å². The zero-order valence-electron chi connectivity index (χ0n) is 12.6. The van der Waals surface area contributed by atoms with Crippen LogP contribution in [0.5, 0.6) is 0 Å². The quantitative estimate of drug-likeness (QED) is 0.721. The average molecular weight is 294 g/mol. The molecule has 2 amide bonds. The molecule has 0 saturated heterocycles. The molecule has 0 saturated carbocycles. The Hall–Kier alpha value is -1.91. The van der Waals surface area contributed by atoms with Gasteiger partial charge in [0.25, 0.3) is 0 Å². The van der Waals surface area contributed by atoms with E-state index >= 15 is 0 Å². The monoisotopic (exact) mass is 294 g/mol. The highest BCUT2D eigenvalue weighted by Crippen LogP contribution is 2.02. The third-order valence-corrected chi connectivity index (χ3v) is 3.01. The van der Waals surface area contributed by atoms with Crippen LogP contribution in [0.3, 0.4) is 0 Å². The smallest absolute Gasteiger partial charge is 0.229 e. The van der Waals surface area contributed by atoms with Crippen molar-refractivity contribution in [3.63, 3.8) is 0 Å². The topological polar surface area (TPSA) is 58.2 Å². The third kappa shape index (κ3) is 8.07. The Balaban J connectivity index is 2.16. The Morgan fingerprint density at radius 3 is 2.19 bits per heavy atom. The molecule has 0 aliphatic rings. The largest absolute Gasteiger partial charge is 0.356 e. The van der Waals surface area contributed by atoms with E-state index in [9.17, 15) is 14.0 Å². The molecule has 1 aromatic carbocycles. The number of hydrogen-bond donors (Lipinski definition) is 2. The van der Waals surface area contributed by atoms with Crippen molar-refractivity contribution in [1.82, 2.24) is 10.6 Å². The standard InChI is InChI=1S/C16H23FN2O2/c1-12(2)7-9-18-15(20)11-16(21)19-10-8-13-3-5-14(17)6-4-13/h3-6,12H,7-11H2,1-2H3,(H,18,20)(H,19,21). The van der Waals surface area contributed by atoms with Crippen molar-refractivity contribution < 1.29 is 14.0 Å². The maximum atomic E-state index is 12.7. The van der Waals surface area contributed by atoms with Crippen LogP contribution in [0.25, 0.3) is 0 Å². The van der Waals surface area contributed by atoms with Gasteiger partial charge >= 0.3 is 0 Å². The number of amides is 2. The highest BCUT2D eigenvalue weighted by Gasteiger charge is 2.08. The summed E-state index contributed by atoms with van der Waals surface area (Å²) in [6, 6.07) is 6.14. The van der Waals surface area contributed by atoms with E-state index < -0.39 is 0 Å². The first kappa shape index (κ1) is 17.1. The van der Waals surface area contributed by atoms with E-state index in [1.807, 2.05) is 0 Å². The van der Waals surface area contributed by atoms with Crippen LogP contribution in [0.4, 0.5) is 4.39 Å². The van der Waals surface area contributed by atoms with Gasteiger partial charge in [-0.2, -0.15) is 0 Å². The van der Waals surface area contributed by atoms with Gasteiger partial charge < -0.3 is 10.6 Å². The molecule has 1 aromatic rings. The fraction of sp³-hybridized carbons (Fsp3) is 0.500. The third-order valence-electron chi connectivity index (χ3n) is 3.01. The lowest BCUT2D eigenvalue weighted by molar-refractivity contribution is -0.129. The first-order valence-electron chi connectivity index (χ1n) is 7.25. The molecule has 0 unspecified atom stereocenters. The van der Waals surface area contributed by atoms with Crippen molar-refractivity contribution in [3.8, 4) is 0 Å². The fourth-order valence-corrected chi connectivity index (χ4v) is 1.77. The second kappa shape index (κ2) is 9.10. The van der Waals surface area contributed by atoms with Gasteiger partial charge in [-0.3, -0.25) is 9.59 Å². The molecular weight excluding hydrogens is 271 g/mol. The fourth-order valence-electron chi connectivity index (χ4n) is 1.77. The molecule has 0 spiro atoms. The number of rotatable bonds is 8. The number of carbonyl (C=O) groups is 2. The Labute approximate surface area is 125 Å². The molecule has 0 heterocycles. The van der Waals surface area contributed by atoms with Crippen LogP contribution in [-0.2, 0) is 16.0 Å². The minimum absolute atomic E-state index is 0.151. The van der Waals surface area contributed by atoms with E-state index in [2.05, 4.69) is 24.5 Å². The molecule has 0 aliphatic carbocycles. The van der Waals surface area contributed by atoms with Gasteiger partial charge in [-0.05, 0) is 36.5 Å². The van der Waals surface area contributed by atoms with Crippen LogP contribution < -0.4 is 10.6 Å². The van der Waals surface area contributed by atoms with Gasteiger partial charge in [0.15, 0.2) is 0 Å². The first-order chi connectivity index (χ1) is 9.97. The number of nitrogens with one attached hydrogen (secondary N) is 2. The molecule has 0 atom stereocenters. The zero-order chi connectivity index (χ0) is 15.7. The second-order valence-electron chi connectivity index (χ2n) is 5.44. The van der Waals surface area contributed by atoms with Crippen LogP contribution >= 0.6 is 0 Å². The van der Waals surface area contributed by atoms with E-state index in [0.29, 0.717) is 25.4 Å². The molecule has 1 rings (SSSR count). The molecule has 4 nitrogen and oxygen atoms in total. The van der Waals surface area contributed by atoms with Crippen molar-refractivity contribution in [3.05, 3.63) is 35.6 Å². The second-order valence-corrected chi connectivity index (χ2v) is 5.44. The highest BCUT2D eigenvalue weighted by atomic mass is 19.1. The molecule has 0 aromatic heterocycles. The summed E-state index contributed by atoms with van der Waals surface area (Å²) < 4.78 is 12.7. The predicted octanol–water partition coefficient (Wildman–Crippen LogP) is 2.04. The van der Waals surface area contributed by atoms with Gasteiger partial charge in [0.05, 0.1) is 0 Å². The number of halogens is 1. The Morgan fingerprint density at radius 1 is 1.05 bits per heavy atom. The summed E-state index contributed by atoms with van der Waals surface area (Å²) in [5, 5.41) is 5.40. The van der Waals surface area contributed by atoms with E-state index in [1.165, 1.54) is 12.1 Å². The van der Waals surface area contributed by atoms with E-state index in [0.717, 1.165) is 12.0 Å². The van der Waals surface area contributed by atoms with E-state index in [4.69, 9.17) is 0 Å². The van der Waals surface area contributed by atoms with Crippen molar-refractivity contribution in [2.24, 2.45) is 5.92 Å². The summed E-state index contributed by atoms with van der Waals surface area (Å²) in [6.45, 7) is 5.19. The predicted molar refractivity (Wildman–Crippen MR) is 80.2 cm³/mol. The minimum Gasteiger partial charge on any atom is -0.356 e. The maximum absolute atomic E-state index is 12.7. The molecule has 5 heteroatoms. The summed E-state index contributed by atoms with van der Waals surface area (Å²) in [6.07, 6.45) is 1.36. The summed E-state index contributed by atoms with van der Waals surface area (Å²) in [7, 11) is 0. The lowest BCUT2D eigenvalue weighted by Gasteiger charge is -2.08. The zero-order valence-corrected chi connectivity index (χ0v) is 12.6. The van der Waals surface area contributed by atoms with Crippen LogP contribution in [0.2, 0.25) is 0 Å². The lowest BCUT2D eigenvalue weighted by Crippen LogP contribution is -2.33. The van der Waals surface area contributed by atoms with Gasteiger partial charge in [0.2, 0.25) is 11.8 Å². The summed E-state index contributed by atoms with van der Waals surface area (Å²) in [4.78, 5) is 23.1. The van der Waals surface area contributed by atoms with E-state index in [1.54, 1.807) is 12.1 Å². The van der Waals surface area contributed by atoms with Crippen molar-refractivity contribution in [2.45, 2.75) is 33.1 Å². The van der Waals surface area contributed by atoms with Crippen LogP contribution in [0, 0.1) is 11.7 Å². The SMILES string of the molecule is CC(C)CCNC(=O)CC(=O)NCCc1ccc(F)cc1. The number of carbonyl (C=O) groups excluding carboxylic acids is 2. The molecule has 2 N–H and O–H groups in total. The molecule has 0 bridgehead atoms. The average Bonchev–Trinajstić information content (AvgIpc) is 2.40. The van der Waals surface area contributed by atoms with Crippen LogP contribution in [-0.4, -0.2) is 24.9 Å². The summed E-state index contributed by atoms with van der Waals surface area (Å²) in [5.74, 6) is -0.301. The summed E-state index contributed by atoms with van der Waals surface area (Å²) >= 11 is 0. The van der Waals surface area contributed by atoms with Crippen LogP contribution in [0.15, 0.2) is 24.3 Å². The first-order valence-corrected chi connectivity index (χ1v) is 7.25. The van der Waals surface area contributed by atoms with Gasteiger partial charge in [-0.15, -0.1) is 0 Å². The minimum atomic E-state index is -0.292. The Bertz CT molecular complexity index is 458. The van der Waals surface area contributed by atoms with Crippen molar-refractivity contribution >= 4 is 11.8 Å². The number of benzene rings is 1. The van der Waals surface area contributed by atoms with Crippen molar-refractivity contribution in [2.75, 3.05) is 13.1 Å². The van der Waals surface area contributed by atoms with Crippen LogP contribution in [0.1, 0.15) is 32.3 Å². The van der Waals surface area contributed by atoms with Gasteiger partial charge in [-0.1, -0.05) is 26.0 Å². The number of hydrogen-bond acceptors (Lipinski definition) is 2. The Morgan fingerprint density at radius 2 is 1.62 bits per heavy atom.